The molecular formula is C26H26N2O6S. The van der Waals surface area contributed by atoms with Gasteiger partial charge in [0.25, 0.3) is 10.0 Å². The van der Waals surface area contributed by atoms with E-state index in [1.807, 2.05) is 13.0 Å². The molecule has 0 saturated carbocycles. The number of carbonyl (C=O) groups is 1. The number of carbonyl (C=O) groups excluding carboxylic acids is 1. The van der Waals surface area contributed by atoms with Gasteiger partial charge in [0, 0.05) is 12.6 Å². The van der Waals surface area contributed by atoms with Crippen LogP contribution < -0.4 is 9.47 Å². The van der Waals surface area contributed by atoms with Crippen LogP contribution in [0, 0.1) is 6.92 Å². The SMILES string of the molecule is COc1ccc(OC[C@H](CN(C)C2=NS(=O)(=O)c3ccccc32)OC(=O)c2cccc(C)c2)cc1. The van der Waals surface area contributed by atoms with Crippen LogP contribution >= 0.6 is 0 Å². The molecule has 1 atom stereocenters. The number of methoxy groups -OCH3 is 1. The third-order valence-corrected chi connectivity index (χ3v) is 6.80. The predicted octanol–water partition coefficient (Wildman–Crippen LogP) is 3.69. The van der Waals surface area contributed by atoms with Gasteiger partial charge in [0.05, 0.1) is 19.2 Å². The van der Waals surface area contributed by atoms with Gasteiger partial charge < -0.3 is 19.1 Å². The Morgan fingerprint density at radius 2 is 1.71 bits per heavy atom. The highest BCUT2D eigenvalue weighted by atomic mass is 32.2. The number of sulfonamides is 1. The summed E-state index contributed by atoms with van der Waals surface area (Å²) in [6, 6.07) is 20.8. The van der Waals surface area contributed by atoms with Crippen LogP contribution in [0.5, 0.6) is 11.5 Å². The van der Waals surface area contributed by atoms with Crippen molar-refractivity contribution in [2.24, 2.45) is 4.40 Å². The van der Waals surface area contributed by atoms with Crippen LogP contribution in [0.3, 0.4) is 0 Å². The van der Waals surface area contributed by atoms with Crippen LogP contribution in [0.1, 0.15) is 21.5 Å². The average molecular weight is 495 g/mol. The van der Waals surface area contributed by atoms with Crippen molar-refractivity contribution in [1.82, 2.24) is 4.90 Å². The third kappa shape index (κ3) is 5.63. The Morgan fingerprint density at radius 1 is 1.00 bits per heavy atom. The van der Waals surface area contributed by atoms with Gasteiger partial charge in [-0.15, -0.1) is 4.40 Å². The highest BCUT2D eigenvalue weighted by Gasteiger charge is 2.32. The van der Waals surface area contributed by atoms with Crippen molar-refractivity contribution in [2.45, 2.75) is 17.9 Å². The first-order chi connectivity index (χ1) is 16.8. The van der Waals surface area contributed by atoms with Gasteiger partial charge in [0.15, 0.2) is 11.9 Å². The molecule has 4 rings (SSSR count). The van der Waals surface area contributed by atoms with E-state index >= 15 is 0 Å². The van der Waals surface area contributed by atoms with Crippen molar-refractivity contribution in [3.8, 4) is 11.5 Å². The van der Waals surface area contributed by atoms with E-state index in [0.29, 0.717) is 28.5 Å². The van der Waals surface area contributed by atoms with E-state index in [0.717, 1.165) is 5.56 Å². The maximum absolute atomic E-state index is 12.9. The molecule has 1 aliphatic heterocycles. The van der Waals surface area contributed by atoms with E-state index in [1.54, 1.807) is 79.7 Å². The molecule has 8 nitrogen and oxygen atoms in total. The van der Waals surface area contributed by atoms with Crippen molar-refractivity contribution in [3.05, 3.63) is 89.5 Å². The number of ether oxygens (including phenoxy) is 3. The van der Waals surface area contributed by atoms with Gasteiger partial charge in [-0.05, 0) is 55.5 Å². The van der Waals surface area contributed by atoms with Gasteiger partial charge in [-0.1, -0.05) is 29.8 Å². The van der Waals surface area contributed by atoms with Crippen LogP contribution in [0.2, 0.25) is 0 Å². The zero-order valence-electron chi connectivity index (χ0n) is 19.7. The Balaban J connectivity index is 1.54. The van der Waals surface area contributed by atoms with E-state index in [2.05, 4.69) is 4.40 Å². The van der Waals surface area contributed by atoms with Gasteiger partial charge in [0.1, 0.15) is 23.0 Å². The standard InChI is InChI=1S/C26H26N2O6S/c1-18-7-6-8-19(15-18)26(29)34-22(17-33-21-13-11-20(32-3)12-14-21)16-28(2)25-23-9-4-5-10-24(23)35(30,31)27-25/h4-15,22H,16-17H2,1-3H3/t22-/m0/s1. The molecule has 35 heavy (non-hydrogen) atoms. The number of aryl methyl sites for hydroxylation is 1. The van der Waals surface area contributed by atoms with Crippen molar-refractivity contribution in [2.75, 3.05) is 27.3 Å². The number of esters is 1. The maximum atomic E-state index is 12.9. The second kappa shape index (κ2) is 10.2. The first-order valence-corrected chi connectivity index (χ1v) is 12.4. The molecule has 1 heterocycles. The Labute approximate surface area is 204 Å². The fraction of sp³-hybridized carbons (Fsp3) is 0.231. The second-order valence-electron chi connectivity index (χ2n) is 8.15. The molecule has 3 aromatic carbocycles. The molecule has 0 aliphatic carbocycles. The summed E-state index contributed by atoms with van der Waals surface area (Å²) in [5.74, 6) is 1.07. The van der Waals surface area contributed by atoms with Gasteiger partial charge in [-0.2, -0.15) is 8.42 Å². The topological polar surface area (TPSA) is 94.5 Å². The number of benzene rings is 3. The molecule has 182 valence electrons. The molecule has 0 unspecified atom stereocenters. The highest BCUT2D eigenvalue weighted by Crippen LogP contribution is 2.27. The molecule has 3 aromatic rings. The molecule has 9 heteroatoms. The number of likely N-dealkylation sites (N-methyl/N-ethyl adjacent to an activating group) is 1. The fourth-order valence-corrected chi connectivity index (χ4v) is 4.98. The monoisotopic (exact) mass is 494 g/mol. The van der Waals surface area contributed by atoms with Crippen molar-refractivity contribution >= 4 is 21.8 Å². The van der Waals surface area contributed by atoms with Gasteiger partial charge in [-0.25, -0.2) is 4.79 Å². The van der Waals surface area contributed by atoms with E-state index in [-0.39, 0.29) is 18.0 Å². The number of hydrogen-bond donors (Lipinski definition) is 0. The number of hydrogen-bond acceptors (Lipinski definition) is 7. The Bertz CT molecular complexity index is 1350. The Hall–Kier alpha value is -3.85. The lowest BCUT2D eigenvalue weighted by Gasteiger charge is -2.26. The number of amidine groups is 1. The zero-order valence-corrected chi connectivity index (χ0v) is 20.5. The molecule has 0 aromatic heterocycles. The minimum atomic E-state index is -3.77. The molecule has 0 spiro atoms. The summed E-state index contributed by atoms with van der Waals surface area (Å²) in [6.07, 6.45) is -0.715. The van der Waals surface area contributed by atoms with E-state index in [1.165, 1.54) is 6.07 Å². The Morgan fingerprint density at radius 3 is 2.43 bits per heavy atom. The van der Waals surface area contributed by atoms with E-state index in [4.69, 9.17) is 14.2 Å². The summed E-state index contributed by atoms with van der Waals surface area (Å²) >= 11 is 0. The average Bonchev–Trinajstić information content (AvgIpc) is 3.14. The smallest absolute Gasteiger partial charge is 0.338 e. The molecular weight excluding hydrogens is 468 g/mol. The lowest BCUT2D eigenvalue weighted by molar-refractivity contribution is 0.0130. The molecule has 0 fully saturated rings. The highest BCUT2D eigenvalue weighted by molar-refractivity contribution is 7.90. The molecule has 1 aliphatic rings. The van der Waals surface area contributed by atoms with Crippen LogP contribution in [0.4, 0.5) is 0 Å². The molecule has 0 saturated heterocycles. The van der Waals surface area contributed by atoms with Crippen LogP contribution in [0.25, 0.3) is 0 Å². The van der Waals surface area contributed by atoms with E-state index < -0.39 is 22.1 Å². The maximum Gasteiger partial charge on any atom is 0.338 e. The molecule has 0 amide bonds. The summed E-state index contributed by atoms with van der Waals surface area (Å²) in [7, 11) is -0.487. The van der Waals surface area contributed by atoms with Crippen molar-refractivity contribution in [3.63, 3.8) is 0 Å². The number of rotatable bonds is 8. The summed E-state index contributed by atoms with van der Waals surface area (Å²) < 4.78 is 45.7. The van der Waals surface area contributed by atoms with Crippen LogP contribution in [0.15, 0.2) is 82.1 Å². The van der Waals surface area contributed by atoms with Gasteiger partial charge in [-0.3, -0.25) is 0 Å². The molecule has 0 N–H and O–H groups in total. The van der Waals surface area contributed by atoms with Crippen molar-refractivity contribution < 1.29 is 27.4 Å². The summed E-state index contributed by atoms with van der Waals surface area (Å²) in [5, 5.41) is 0. The number of nitrogens with zero attached hydrogens (tertiary/aromatic N) is 2. The van der Waals surface area contributed by atoms with Crippen LogP contribution in [-0.4, -0.2) is 58.5 Å². The summed E-state index contributed by atoms with van der Waals surface area (Å²) in [5.41, 5.74) is 1.87. The zero-order chi connectivity index (χ0) is 25.0. The fourth-order valence-electron chi connectivity index (χ4n) is 3.73. The summed E-state index contributed by atoms with van der Waals surface area (Å²) in [4.78, 5) is 14.7. The minimum Gasteiger partial charge on any atom is -0.497 e. The van der Waals surface area contributed by atoms with Gasteiger partial charge >= 0.3 is 5.97 Å². The lowest BCUT2D eigenvalue weighted by Crippen LogP contribution is -2.39. The van der Waals surface area contributed by atoms with Crippen molar-refractivity contribution in [1.29, 1.82) is 0 Å². The normalized spacial score (nSPS) is 14.4. The first kappa shape index (κ1) is 24.3. The van der Waals surface area contributed by atoms with Gasteiger partial charge in [0.2, 0.25) is 0 Å². The Kier molecular flexibility index (Phi) is 7.07. The summed E-state index contributed by atoms with van der Waals surface area (Å²) in [6.45, 7) is 2.11. The molecule has 0 bridgehead atoms. The number of fused-ring (bicyclic) bond motifs is 1. The first-order valence-electron chi connectivity index (χ1n) is 11.0. The lowest BCUT2D eigenvalue weighted by atomic mass is 10.1. The van der Waals surface area contributed by atoms with Crippen LogP contribution in [-0.2, 0) is 14.8 Å². The predicted molar refractivity (Wildman–Crippen MR) is 132 cm³/mol. The second-order valence-corrected chi connectivity index (χ2v) is 9.72. The van der Waals surface area contributed by atoms with E-state index in [9.17, 15) is 13.2 Å². The minimum absolute atomic E-state index is 0.0515. The largest absolute Gasteiger partial charge is 0.497 e. The quantitative estimate of drug-likeness (QED) is 0.441. The third-order valence-electron chi connectivity index (χ3n) is 5.47. The molecule has 0 radical (unpaired) electrons.